The predicted molar refractivity (Wildman–Crippen MR) is 165 cm³/mol. The van der Waals surface area contributed by atoms with Crippen LogP contribution in [-0.2, 0) is 5.41 Å². The van der Waals surface area contributed by atoms with Crippen molar-refractivity contribution >= 4 is 37.7 Å². The molecule has 0 fully saturated rings. The normalized spacial score (nSPS) is 11.7. The van der Waals surface area contributed by atoms with Crippen molar-refractivity contribution in [2.75, 3.05) is 0 Å². The van der Waals surface area contributed by atoms with Gasteiger partial charge in [-0.2, -0.15) is 0 Å². The minimum Gasteiger partial charge on any atom is -0.457 e. The summed E-state index contributed by atoms with van der Waals surface area (Å²) in [7, 11) is 0. The quantitative estimate of drug-likeness (QED) is 0.204. The van der Waals surface area contributed by atoms with Crippen molar-refractivity contribution < 1.29 is 9.47 Å². The minimum atomic E-state index is 0.0958. The minimum absolute atomic E-state index is 0.0958. The zero-order chi connectivity index (χ0) is 27.1. The van der Waals surface area contributed by atoms with E-state index in [1.54, 1.807) is 0 Å². The van der Waals surface area contributed by atoms with Crippen LogP contribution in [0, 0.1) is 6.92 Å². The molecule has 194 valence electrons. The SMILES string of the molecule is Cc1c(Oc2ccc(C(C)(C)C)cc2)cc(Br)cc1Oc1ccc2c3ccccc3n(-c3ccccc3)c2c1. The predicted octanol–water partition coefficient (Wildman–Crippen LogP) is 10.7. The standard InChI is InChI=1S/C35H30BrNO2/c1-23-33(38-27-16-14-24(15-17-27)35(2,3)4)20-25(36)21-34(23)39-28-18-19-30-29-12-8-9-13-31(29)37(32(30)22-28)26-10-6-5-7-11-26/h5-22H,1-4H3. The molecule has 3 nitrogen and oxygen atoms in total. The molecule has 0 saturated carbocycles. The molecule has 4 heteroatoms. The smallest absolute Gasteiger partial charge is 0.135 e. The lowest BCUT2D eigenvalue weighted by Crippen LogP contribution is -2.10. The average Bonchev–Trinajstić information content (AvgIpc) is 3.25. The Hall–Kier alpha value is -4.02. The van der Waals surface area contributed by atoms with Gasteiger partial charge in [0.2, 0.25) is 0 Å². The number of halogens is 1. The van der Waals surface area contributed by atoms with Crippen LogP contribution in [0.5, 0.6) is 23.0 Å². The molecule has 39 heavy (non-hydrogen) atoms. The highest BCUT2D eigenvalue weighted by Gasteiger charge is 2.16. The summed E-state index contributed by atoms with van der Waals surface area (Å²) in [6, 6.07) is 37.5. The highest BCUT2D eigenvalue weighted by molar-refractivity contribution is 9.10. The Morgan fingerprint density at radius 3 is 1.90 bits per heavy atom. The maximum absolute atomic E-state index is 6.50. The summed E-state index contributed by atoms with van der Waals surface area (Å²) in [4.78, 5) is 0. The summed E-state index contributed by atoms with van der Waals surface area (Å²) in [6.07, 6.45) is 0. The van der Waals surface area contributed by atoms with Gasteiger partial charge in [-0.3, -0.25) is 0 Å². The van der Waals surface area contributed by atoms with E-state index < -0.39 is 0 Å². The van der Waals surface area contributed by atoms with E-state index in [1.165, 1.54) is 21.9 Å². The molecule has 0 N–H and O–H groups in total. The molecule has 0 amide bonds. The Labute approximate surface area is 237 Å². The van der Waals surface area contributed by atoms with Gasteiger partial charge in [0.25, 0.3) is 0 Å². The van der Waals surface area contributed by atoms with E-state index >= 15 is 0 Å². The van der Waals surface area contributed by atoms with E-state index in [9.17, 15) is 0 Å². The van der Waals surface area contributed by atoms with Gasteiger partial charge >= 0.3 is 0 Å². The number of hydrogen-bond acceptors (Lipinski definition) is 2. The fraction of sp³-hybridized carbons (Fsp3) is 0.143. The van der Waals surface area contributed by atoms with Gasteiger partial charge < -0.3 is 14.0 Å². The molecule has 0 unspecified atom stereocenters. The van der Waals surface area contributed by atoms with Crippen LogP contribution in [0.2, 0.25) is 0 Å². The van der Waals surface area contributed by atoms with Crippen molar-refractivity contribution in [3.8, 4) is 28.7 Å². The summed E-state index contributed by atoms with van der Waals surface area (Å²) in [6.45, 7) is 8.66. The summed E-state index contributed by atoms with van der Waals surface area (Å²) in [5, 5.41) is 2.41. The van der Waals surface area contributed by atoms with Gasteiger partial charge in [-0.05, 0) is 72.5 Å². The first kappa shape index (κ1) is 25.3. The highest BCUT2D eigenvalue weighted by atomic mass is 79.9. The monoisotopic (exact) mass is 575 g/mol. The van der Waals surface area contributed by atoms with Crippen molar-refractivity contribution in [1.29, 1.82) is 0 Å². The number of benzene rings is 5. The zero-order valence-electron chi connectivity index (χ0n) is 22.5. The maximum atomic E-state index is 6.50. The number of fused-ring (bicyclic) bond motifs is 3. The van der Waals surface area contributed by atoms with E-state index in [1.807, 2.05) is 43.3 Å². The number of aromatic nitrogens is 1. The third kappa shape index (κ3) is 4.93. The van der Waals surface area contributed by atoms with Crippen molar-refractivity contribution in [1.82, 2.24) is 4.57 Å². The van der Waals surface area contributed by atoms with E-state index in [2.05, 4.69) is 114 Å². The van der Waals surface area contributed by atoms with Crippen LogP contribution in [0.15, 0.2) is 114 Å². The Morgan fingerprint density at radius 1 is 0.615 bits per heavy atom. The topological polar surface area (TPSA) is 23.4 Å². The summed E-state index contributed by atoms with van der Waals surface area (Å²) >= 11 is 3.65. The van der Waals surface area contributed by atoms with Crippen LogP contribution in [-0.4, -0.2) is 4.57 Å². The second kappa shape index (κ2) is 9.94. The Bertz CT molecular complexity index is 1800. The number of nitrogens with zero attached hydrogens (tertiary/aromatic N) is 1. The lowest BCUT2D eigenvalue weighted by atomic mass is 9.87. The van der Waals surface area contributed by atoms with Crippen LogP contribution in [0.3, 0.4) is 0 Å². The third-order valence-corrected chi connectivity index (χ3v) is 7.57. The van der Waals surface area contributed by atoms with Crippen molar-refractivity contribution in [2.45, 2.75) is 33.1 Å². The van der Waals surface area contributed by atoms with E-state index in [0.717, 1.165) is 44.2 Å². The van der Waals surface area contributed by atoms with E-state index in [4.69, 9.17) is 9.47 Å². The van der Waals surface area contributed by atoms with E-state index in [-0.39, 0.29) is 5.41 Å². The van der Waals surface area contributed by atoms with Gasteiger partial charge in [0.1, 0.15) is 23.0 Å². The van der Waals surface area contributed by atoms with Crippen molar-refractivity contribution in [3.63, 3.8) is 0 Å². The van der Waals surface area contributed by atoms with Gasteiger partial charge in [-0.1, -0.05) is 85.2 Å². The molecule has 0 saturated heterocycles. The second-order valence-corrected chi connectivity index (χ2v) is 11.8. The maximum Gasteiger partial charge on any atom is 0.135 e. The first-order chi connectivity index (χ1) is 18.8. The number of rotatable bonds is 5. The van der Waals surface area contributed by atoms with E-state index in [0.29, 0.717) is 0 Å². The number of hydrogen-bond donors (Lipinski definition) is 0. The molecule has 6 rings (SSSR count). The molecule has 5 aromatic carbocycles. The lowest BCUT2D eigenvalue weighted by Gasteiger charge is -2.19. The Morgan fingerprint density at radius 2 is 1.21 bits per heavy atom. The van der Waals surface area contributed by atoms with Gasteiger partial charge in [-0.15, -0.1) is 0 Å². The Kier molecular flexibility index (Phi) is 6.44. The summed E-state index contributed by atoms with van der Waals surface area (Å²) in [5.41, 5.74) is 5.69. The molecular weight excluding hydrogens is 546 g/mol. The van der Waals surface area contributed by atoms with Crippen molar-refractivity contribution in [3.05, 3.63) is 125 Å². The molecule has 0 radical (unpaired) electrons. The third-order valence-electron chi connectivity index (χ3n) is 7.11. The molecule has 0 bridgehead atoms. The van der Waals surface area contributed by atoms with Gasteiger partial charge in [0.15, 0.2) is 0 Å². The Balaban J connectivity index is 1.37. The van der Waals surface area contributed by atoms with Crippen LogP contribution in [0.1, 0.15) is 31.9 Å². The molecular formula is C35H30BrNO2. The van der Waals surface area contributed by atoms with Crippen LogP contribution in [0.4, 0.5) is 0 Å². The van der Waals surface area contributed by atoms with Gasteiger partial charge in [0, 0.05) is 32.6 Å². The second-order valence-electron chi connectivity index (χ2n) is 10.9. The summed E-state index contributed by atoms with van der Waals surface area (Å²) < 4.78 is 16.0. The molecule has 0 atom stereocenters. The lowest BCUT2D eigenvalue weighted by molar-refractivity contribution is 0.453. The first-order valence-corrected chi connectivity index (χ1v) is 13.9. The summed E-state index contributed by atoms with van der Waals surface area (Å²) in [5.74, 6) is 3.06. The first-order valence-electron chi connectivity index (χ1n) is 13.1. The average molecular weight is 577 g/mol. The van der Waals surface area contributed by atoms with Crippen molar-refractivity contribution in [2.24, 2.45) is 0 Å². The number of para-hydroxylation sites is 2. The van der Waals surface area contributed by atoms with Gasteiger partial charge in [0.05, 0.1) is 11.0 Å². The molecule has 0 aliphatic carbocycles. The number of ether oxygens (including phenoxy) is 2. The fourth-order valence-electron chi connectivity index (χ4n) is 4.99. The highest BCUT2D eigenvalue weighted by Crippen LogP contribution is 2.40. The largest absolute Gasteiger partial charge is 0.457 e. The zero-order valence-corrected chi connectivity index (χ0v) is 24.1. The molecule has 6 aromatic rings. The van der Waals surface area contributed by atoms with Crippen LogP contribution < -0.4 is 9.47 Å². The van der Waals surface area contributed by atoms with Crippen LogP contribution >= 0.6 is 15.9 Å². The van der Waals surface area contributed by atoms with Crippen LogP contribution in [0.25, 0.3) is 27.5 Å². The molecule has 1 aromatic heterocycles. The molecule has 1 heterocycles. The molecule has 0 aliphatic heterocycles. The van der Waals surface area contributed by atoms with Gasteiger partial charge in [-0.25, -0.2) is 0 Å². The molecule has 0 aliphatic rings. The fourth-order valence-corrected chi connectivity index (χ4v) is 5.40. The molecule has 0 spiro atoms.